The quantitative estimate of drug-likeness (QED) is 0.799. The molecule has 0 spiro atoms. The van der Waals surface area contributed by atoms with Gasteiger partial charge in [0.2, 0.25) is 0 Å². The molecular weight excluding hydrogens is 257 g/mol. The van der Waals surface area contributed by atoms with Crippen molar-refractivity contribution in [1.29, 1.82) is 0 Å². The molecule has 1 aromatic carbocycles. The molecule has 6 heteroatoms. The summed E-state index contributed by atoms with van der Waals surface area (Å²) in [6.45, 7) is 1.70. The lowest BCUT2D eigenvalue weighted by Gasteiger charge is -2.05. The van der Waals surface area contributed by atoms with Crippen LogP contribution in [0, 0.1) is 12.7 Å². The lowest BCUT2D eigenvalue weighted by atomic mass is 10.1. The molecule has 96 valence electrons. The standard InChI is InChI=1S/C12H13ClFN3O/c1-6-2-8(13)7(3-9(6)14)10-5-16-12(17-10)11(18)4-15/h2-3,5,11,18H,4,15H2,1H3,(H,16,17). The number of aromatic nitrogens is 2. The zero-order valence-electron chi connectivity index (χ0n) is 9.74. The normalized spacial score (nSPS) is 12.7. The van der Waals surface area contributed by atoms with Gasteiger partial charge in [-0.15, -0.1) is 0 Å². The van der Waals surface area contributed by atoms with Crippen LogP contribution in [0.1, 0.15) is 17.5 Å². The SMILES string of the molecule is Cc1cc(Cl)c(-c2cnc(C(O)CN)[nH]2)cc1F. The van der Waals surface area contributed by atoms with Gasteiger partial charge in [0.15, 0.2) is 0 Å². The summed E-state index contributed by atoms with van der Waals surface area (Å²) in [6.07, 6.45) is 0.623. The molecule has 4 nitrogen and oxygen atoms in total. The van der Waals surface area contributed by atoms with Crippen LogP contribution in [0.25, 0.3) is 11.3 Å². The summed E-state index contributed by atoms with van der Waals surface area (Å²) in [4.78, 5) is 6.87. The topological polar surface area (TPSA) is 74.9 Å². The molecule has 18 heavy (non-hydrogen) atoms. The number of aromatic amines is 1. The van der Waals surface area contributed by atoms with Crippen molar-refractivity contribution < 1.29 is 9.50 Å². The predicted octanol–water partition coefficient (Wildman–Crippen LogP) is 2.17. The van der Waals surface area contributed by atoms with E-state index in [1.807, 2.05) is 0 Å². The van der Waals surface area contributed by atoms with Crippen LogP contribution >= 0.6 is 11.6 Å². The number of rotatable bonds is 3. The summed E-state index contributed by atoms with van der Waals surface area (Å²) in [5.74, 6) is -0.00512. The highest BCUT2D eigenvalue weighted by molar-refractivity contribution is 6.33. The molecule has 4 N–H and O–H groups in total. The van der Waals surface area contributed by atoms with E-state index in [4.69, 9.17) is 17.3 Å². The number of nitrogens with one attached hydrogen (secondary N) is 1. The van der Waals surface area contributed by atoms with Gasteiger partial charge in [-0.25, -0.2) is 9.37 Å². The summed E-state index contributed by atoms with van der Waals surface area (Å²) >= 11 is 6.06. The minimum Gasteiger partial charge on any atom is -0.384 e. The number of aliphatic hydroxyl groups is 1. The van der Waals surface area contributed by atoms with E-state index >= 15 is 0 Å². The van der Waals surface area contributed by atoms with Gasteiger partial charge in [-0.1, -0.05) is 11.6 Å². The number of aliphatic hydroxyl groups excluding tert-OH is 1. The van der Waals surface area contributed by atoms with E-state index < -0.39 is 6.10 Å². The minimum atomic E-state index is -0.868. The molecule has 0 aliphatic carbocycles. The van der Waals surface area contributed by atoms with Crippen molar-refractivity contribution in [1.82, 2.24) is 9.97 Å². The fourth-order valence-corrected chi connectivity index (χ4v) is 1.93. The number of imidazole rings is 1. The summed E-state index contributed by atoms with van der Waals surface area (Å²) in [6, 6.07) is 2.88. The largest absolute Gasteiger partial charge is 0.384 e. The number of aryl methyl sites for hydroxylation is 1. The Balaban J connectivity index is 2.43. The van der Waals surface area contributed by atoms with Crippen LogP contribution in [-0.4, -0.2) is 21.6 Å². The van der Waals surface area contributed by atoms with Crippen molar-refractivity contribution in [3.05, 3.63) is 40.6 Å². The van der Waals surface area contributed by atoms with Crippen molar-refractivity contribution in [2.45, 2.75) is 13.0 Å². The van der Waals surface area contributed by atoms with Crippen LogP contribution in [-0.2, 0) is 0 Å². The first-order chi connectivity index (χ1) is 8.52. The monoisotopic (exact) mass is 269 g/mol. The van der Waals surface area contributed by atoms with Crippen LogP contribution in [0.5, 0.6) is 0 Å². The molecule has 0 radical (unpaired) electrons. The van der Waals surface area contributed by atoms with Crippen LogP contribution in [0.3, 0.4) is 0 Å². The highest BCUT2D eigenvalue weighted by Crippen LogP contribution is 2.29. The van der Waals surface area contributed by atoms with Gasteiger partial charge in [-0.05, 0) is 24.6 Å². The number of hydrogen-bond donors (Lipinski definition) is 3. The maximum atomic E-state index is 13.5. The van der Waals surface area contributed by atoms with Gasteiger partial charge in [0.05, 0.1) is 16.9 Å². The van der Waals surface area contributed by atoms with E-state index in [1.54, 1.807) is 13.0 Å². The number of benzene rings is 1. The average molecular weight is 270 g/mol. The Labute approximate surface area is 109 Å². The molecule has 1 unspecified atom stereocenters. The summed E-state index contributed by atoms with van der Waals surface area (Å²) in [5, 5.41) is 9.95. The molecule has 1 atom stereocenters. The Morgan fingerprint density at radius 1 is 1.56 bits per heavy atom. The maximum absolute atomic E-state index is 13.5. The van der Waals surface area contributed by atoms with Gasteiger partial charge in [0.25, 0.3) is 0 Å². The zero-order valence-corrected chi connectivity index (χ0v) is 10.5. The Kier molecular flexibility index (Phi) is 3.65. The van der Waals surface area contributed by atoms with Crippen molar-refractivity contribution in [3.63, 3.8) is 0 Å². The van der Waals surface area contributed by atoms with Gasteiger partial charge in [0.1, 0.15) is 17.7 Å². The molecule has 0 saturated heterocycles. The summed E-state index contributed by atoms with van der Waals surface area (Å²) < 4.78 is 13.5. The third-order valence-electron chi connectivity index (χ3n) is 2.67. The predicted molar refractivity (Wildman–Crippen MR) is 67.7 cm³/mol. The Bertz CT molecular complexity index is 570. The van der Waals surface area contributed by atoms with Crippen molar-refractivity contribution in [3.8, 4) is 11.3 Å². The minimum absolute atomic E-state index is 0.0585. The number of hydrogen-bond acceptors (Lipinski definition) is 3. The van der Waals surface area contributed by atoms with Gasteiger partial charge < -0.3 is 15.8 Å². The van der Waals surface area contributed by atoms with Crippen LogP contribution in [0.2, 0.25) is 5.02 Å². The first kappa shape index (κ1) is 13.0. The van der Waals surface area contributed by atoms with Crippen LogP contribution in [0.4, 0.5) is 4.39 Å². The van der Waals surface area contributed by atoms with E-state index in [-0.39, 0.29) is 12.4 Å². The lowest BCUT2D eigenvalue weighted by Crippen LogP contribution is -2.12. The number of nitrogens with zero attached hydrogens (tertiary/aromatic N) is 1. The van der Waals surface area contributed by atoms with E-state index in [1.165, 1.54) is 12.3 Å². The molecule has 0 aliphatic heterocycles. The number of halogens is 2. The lowest BCUT2D eigenvalue weighted by molar-refractivity contribution is 0.177. The third-order valence-corrected chi connectivity index (χ3v) is 2.99. The highest BCUT2D eigenvalue weighted by Gasteiger charge is 2.13. The van der Waals surface area contributed by atoms with Crippen molar-refractivity contribution in [2.75, 3.05) is 6.54 Å². The van der Waals surface area contributed by atoms with Gasteiger partial charge in [-0.3, -0.25) is 0 Å². The number of nitrogens with two attached hydrogens (primary N) is 1. The molecule has 0 amide bonds. The second kappa shape index (κ2) is 5.06. The van der Waals surface area contributed by atoms with Crippen molar-refractivity contribution in [2.24, 2.45) is 5.73 Å². The summed E-state index contributed by atoms with van der Waals surface area (Å²) in [7, 11) is 0. The fraction of sp³-hybridized carbons (Fsp3) is 0.250. The number of H-pyrrole nitrogens is 1. The molecule has 2 aromatic rings. The van der Waals surface area contributed by atoms with Gasteiger partial charge >= 0.3 is 0 Å². The Morgan fingerprint density at radius 3 is 2.94 bits per heavy atom. The van der Waals surface area contributed by atoms with Crippen molar-refractivity contribution >= 4 is 11.6 Å². The van der Waals surface area contributed by atoms with E-state index in [0.29, 0.717) is 27.7 Å². The smallest absolute Gasteiger partial charge is 0.136 e. The van der Waals surface area contributed by atoms with E-state index in [9.17, 15) is 9.50 Å². The van der Waals surface area contributed by atoms with Crippen LogP contribution < -0.4 is 5.73 Å². The van der Waals surface area contributed by atoms with E-state index in [0.717, 1.165) is 0 Å². The van der Waals surface area contributed by atoms with Gasteiger partial charge in [-0.2, -0.15) is 0 Å². The summed E-state index contributed by atoms with van der Waals surface area (Å²) in [5.41, 5.74) is 6.85. The highest BCUT2D eigenvalue weighted by atomic mass is 35.5. The third kappa shape index (κ3) is 2.38. The van der Waals surface area contributed by atoms with E-state index in [2.05, 4.69) is 9.97 Å². The second-order valence-electron chi connectivity index (χ2n) is 4.01. The first-order valence-corrected chi connectivity index (χ1v) is 5.79. The molecule has 1 aromatic heterocycles. The van der Waals surface area contributed by atoms with Crippen LogP contribution in [0.15, 0.2) is 18.3 Å². The molecule has 0 fully saturated rings. The zero-order chi connectivity index (χ0) is 13.3. The molecule has 2 rings (SSSR count). The second-order valence-corrected chi connectivity index (χ2v) is 4.42. The molecule has 0 aliphatic rings. The maximum Gasteiger partial charge on any atom is 0.136 e. The first-order valence-electron chi connectivity index (χ1n) is 5.42. The molecule has 0 saturated carbocycles. The Morgan fingerprint density at radius 2 is 2.28 bits per heavy atom. The molecule has 1 heterocycles. The van der Waals surface area contributed by atoms with Gasteiger partial charge in [0, 0.05) is 12.1 Å². The molecular formula is C12H13ClFN3O. The molecule has 0 bridgehead atoms. The fourth-order valence-electron chi connectivity index (χ4n) is 1.61. The average Bonchev–Trinajstić information content (AvgIpc) is 2.82. The Hall–Kier alpha value is -1.43.